The van der Waals surface area contributed by atoms with Crippen molar-refractivity contribution in [3.8, 4) is 0 Å². The maximum absolute atomic E-state index is 9.86. The number of hydrogen-bond acceptors (Lipinski definition) is 6. The monoisotopic (exact) mass is 252 g/mol. The van der Waals surface area contributed by atoms with Gasteiger partial charge in [-0.1, -0.05) is 6.08 Å². The molecule has 2 unspecified atom stereocenters. The number of allylic oxidation sites excluding steroid dienone is 1. The Hall–Kier alpha value is -0.990. The van der Waals surface area contributed by atoms with Crippen molar-refractivity contribution in [2.75, 3.05) is 13.2 Å². The quantitative estimate of drug-likeness (QED) is 0.314. The van der Waals surface area contributed by atoms with Crippen molar-refractivity contribution in [1.82, 2.24) is 0 Å². The first kappa shape index (κ1) is 18.4. The molecule has 0 aliphatic heterocycles. The van der Waals surface area contributed by atoms with Crippen LogP contribution in [-0.2, 0) is 4.79 Å². The summed E-state index contributed by atoms with van der Waals surface area (Å²) in [5.41, 5.74) is 0.389. The van der Waals surface area contributed by atoms with Gasteiger partial charge in [0.05, 0.1) is 13.2 Å². The van der Waals surface area contributed by atoms with E-state index in [-0.39, 0.29) is 0 Å². The van der Waals surface area contributed by atoms with Gasteiger partial charge in [-0.25, -0.2) is 4.79 Å². The Morgan fingerprint density at radius 2 is 1.47 bits per heavy atom. The van der Waals surface area contributed by atoms with Crippen molar-refractivity contribution in [2.45, 2.75) is 32.2 Å². The minimum atomic E-state index is -1.49. The fourth-order valence-electron chi connectivity index (χ4n) is 0.596. The number of aliphatic carboxylic acids is 1. The first-order valence-corrected chi connectivity index (χ1v) is 4.93. The molecule has 0 heterocycles. The number of carboxylic acid groups (broad SMARTS) is 1. The fourth-order valence-corrected chi connectivity index (χ4v) is 0.596. The summed E-state index contributed by atoms with van der Waals surface area (Å²) in [7, 11) is 0. The topological polar surface area (TPSA) is 138 Å². The zero-order chi connectivity index (χ0) is 14.0. The molecule has 7 heteroatoms. The largest absolute Gasteiger partial charge is 0.478 e. The van der Waals surface area contributed by atoms with E-state index in [0.29, 0.717) is 5.57 Å². The number of hydrogen-bond donors (Lipinski definition) is 6. The third-order valence-electron chi connectivity index (χ3n) is 1.93. The molecule has 2 atom stereocenters. The van der Waals surface area contributed by atoms with Crippen LogP contribution in [0.15, 0.2) is 11.6 Å². The van der Waals surface area contributed by atoms with Gasteiger partial charge < -0.3 is 30.6 Å². The Labute approximate surface area is 99.3 Å². The Morgan fingerprint density at radius 1 is 1.12 bits per heavy atom. The van der Waals surface area contributed by atoms with E-state index < -0.39 is 37.5 Å². The van der Waals surface area contributed by atoms with Crippen molar-refractivity contribution in [1.29, 1.82) is 0 Å². The molecule has 0 spiro atoms. The van der Waals surface area contributed by atoms with Crippen LogP contribution in [0.1, 0.15) is 13.8 Å². The van der Waals surface area contributed by atoms with Gasteiger partial charge in [0.15, 0.2) is 0 Å². The summed E-state index contributed by atoms with van der Waals surface area (Å²) >= 11 is 0. The summed E-state index contributed by atoms with van der Waals surface area (Å²) in [6.07, 6.45) is -2.73. The van der Waals surface area contributed by atoms with Crippen LogP contribution in [0.4, 0.5) is 0 Å². The van der Waals surface area contributed by atoms with Gasteiger partial charge in [0.1, 0.15) is 18.3 Å². The lowest BCUT2D eigenvalue weighted by atomic mass is 10.1. The Balaban J connectivity index is 0. The SMILES string of the molecule is CC=C(C)C(=O)O.OCC(O)C(O)C(O)CO. The first-order valence-electron chi connectivity index (χ1n) is 4.93. The summed E-state index contributed by atoms with van der Waals surface area (Å²) in [4.78, 5) is 9.86. The lowest BCUT2D eigenvalue weighted by molar-refractivity contribution is -0.132. The Morgan fingerprint density at radius 3 is 1.59 bits per heavy atom. The lowest BCUT2D eigenvalue weighted by Gasteiger charge is -2.19. The smallest absolute Gasteiger partial charge is 0.330 e. The van der Waals surface area contributed by atoms with Gasteiger partial charge in [0, 0.05) is 5.57 Å². The van der Waals surface area contributed by atoms with Crippen molar-refractivity contribution in [2.24, 2.45) is 0 Å². The van der Waals surface area contributed by atoms with Crippen LogP contribution in [-0.4, -0.2) is 68.1 Å². The summed E-state index contributed by atoms with van der Waals surface area (Å²) in [6, 6.07) is 0. The van der Waals surface area contributed by atoms with Crippen LogP contribution in [0.25, 0.3) is 0 Å². The Kier molecular flexibility index (Phi) is 11.0. The molecule has 0 aliphatic rings. The van der Waals surface area contributed by atoms with E-state index in [1.54, 1.807) is 19.9 Å². The molecule has 0 radical (unpaired) electrons. The summed E-state index contributed by atoms with van der Waals surface area (Å²) in [6.45, 7) is 1.97. The van der Waals surface area contributed by atoms with Gasteiger partial charge in [-0.3, -0.25) is 0 Å². The maximum atomic E-state index is 9.86. The molecule has 102 valence electrons. The number of aliphatic hydroxyl groups is 5. The van der Waals surface area contributed by atoms with Crippen molar-refractivity contribution in [3.05, 3.63) is 11.6 Å². The van der Waals surface area contributed by atoms with Gasteiger partial charge in [-0.05, 0) is 13.8 Å². The summed E-state index contributed by atoms with van der Waals surface area (Å²) in [5, 5.41) is 50.7. The van der Waals surface area contributed by atoms with E-state index in [1.807, 2.05) is 0 Å². The van der Waals surface area contributed by atoms with Gasteiger partial charge in [-0.15, -0.1) is 0 Å². The van der Waals surface area contributed by atoms with Gasteiger partial charge in [-0.2, -0.15) is 0 Å². The van der Waals surface area contributed by atoms with E-state index >= 15 is 0 Å². The standard InChI is InChI=1S/C5H12O5.C5H8O2/c6-1-3(8)5(10)4(9)2-7;1-3-4(2)5(6)7/h3-10H,1-2H2;3H,1-2H3,(H,6,7). The van der Waals surface area contributed by atoms with Crippen LogP contribution >= 0.6 is 0 Å². The average molecular weight is 252 g/mol. The van der Waals surface area contributed by atoms with Crippen molar-refractivity contribution < 1.29 is 35.4 Å². The van der Waals surface area contributed by atoms with Gasteiger partial charge >= 0.3 is 5.97 Å². The van der Waals surface area contributed by atoms with Crippen LogP contribution in [0.5, 0.6) is 0 Å². The van der Waals surface area contributed by atoms with Crippen LogP contribution < -0.4 is 0 Å². The molecule has 0 aliphatic carbocycles. The zero-order valence-electron chi connectivity index (χ0n) is 9.82. The van der Waals surface area contributed by atoms with Gasteiger partial charge in [0.25, 0.3) is 0 Å². The van der Waals surface area contributed by atoms with E-state index in [1.165, 1.54) is 0 Å². The van der Waals surface area contributed by atoms with E-state index in [0.717, 1.165) is 0 Å². The molecule has 0 aromatic rings. The zero-order valence-corrected chi connectivity index (χ0v) is 9.82. The summed E-state index contributed by atoms with van der Waals surface area (Å²) < 4.78 is 0. The predicted molar refractivity (Wildman–Crippen MR) is 59.3 cm³/mol. The van der Waals surface area contributed by atoms with Crippen molar-refractivity contribution >= 4 is 5.97 Å². The number of carboxylic acids is 1. The third kappa shape index (κ3) is 8.78. The molecule has 0 amide bonds. The van der Waals surface area contributed by atoms with Crippen LogP contribution in [0.2, 0.25) is 0 Å². The normalized spacial score (nSPS) is 16.5. The molecule has 0 aromatic heterocycles. The second-order valence-electron chi connectivity index (χ2n) is 3.27. The fraction of sp³-hybridized carbons (Fsp3) is 0.700. The highest BCUT2D eigenvalue weighted by molar-refractivity contribution is 5.85. The van der Waals surface area contributed by atoms with E-state index in [4.69, 9.17) is 30.6 Å². The molecular formula is C10H20O7. The molecule has 17 heavy (non-hydrogen) atoms. The minimum Gasteiger partial charge on any atom is -0.478 e. The molecule has 0 saturated heterocycles. The van der Waals surface area contributed by atoms with Gasteiger partial charge in [0.2, 0.25) is 0 Å². The molecule has 0 bridgehead atoms. The second-order valence-corrected chi connectivity index (χ2v) is 3.27. The van der Waals surface area contributed by atoms with Crippen molar-refractivity contribution in [3.63, 3.8) is 0 Å². The number of carbonyl (C=O) groups is 1. The maximum Gasteiger partial charge on any atom is 0.330 e. The van der Waals surface area contributed by atoms with E-state index in [9.17, 15) is 4.79 Å². The molecule has 6 N–H and O–H groups in total. The first-order chi connectivity index (χ1) is 7.81. The molecule has 0 saturated carbocycles. The summed E-state index contributed by atoms with van der Waals surface area (Å²) in [5.74, 6) is -0.845. The van der Waals surface area contributed by atoms with Crippen LogP contribution in [0.3, 0.4) is 0 Å². The molecular weight excluding hydrogens is 232 g/mol. The lowest BCUT2D eigenvalue weighted by Crippen LogP contribution is -2.41. The molecule has 7 nitrogen and oxygen atoms in total. The highest BCUT2D eigenvalue weighted by Crippen LogP contribution is 1.98. The molecule has 0 fully saturated rings. The third-order valence-corrected chi connectivity index (χ3v) is 1.93. The van der Waals surface area contributed by atoms with Crippen LogP contribution in [0, 0.1) is 0 Å². The Bertz CT molecular complexity index is 229. The highest BCUT2D eigenvalue weighted by Gasteiger charge is 2.22. The second kappa shape index (κ2) is 10.2. The molecule has 0 aromatic carbocycles. The number of aliphatic hydroxyl groups excluding tert-OH is 5. The highest BCUT2D eigenvalue weighted by atomic mass is 16.4. The average Bonchev–Trinajstić information content (AvgIpc) is 2.35. The minimum absolute atomic E-state index is 0.389. The van der Waals surface area contributed by atoms with E-state index in [2.05, 4.69) is 0 Å². The molecule has 0 rings (SSSR count). The predicted octanol–water partition coefficient (Wildman–Crippen LogP) is -1.91. The number of rotatable bonds is 5.